The number of hydrogen-bond donors (Lipinski definition) is 1. The molecule has 76 valence electrons. The molecule has 0 fully saturated rings. The number of pyridine rings is 1. The summed E-state index contributed by atoms with van der Waals surface area (Å²) in [4.78, 5) is 14.9. The molecule has 3 nitrogen and oxygen atoms in total. The summed E-state index contributed by atoms with van der Waals surface area (Å²) in [6.07, 6.45) is 1.24. The summed E-state index contributed by atoms with van der Waals surface area (Å²) >= 11 is 5.93. The fourth-order valence-corrected chi connectivity index (χ4v) is 1.61. The predicted molar refractivity (Wildman–Crippen MR) is 55.2 cm³/mol. The molecule has 1 aromatic carbocycles. The second kappa shape index (κ2) is 3.47. The number of halogens is 2. The Labute approximate surface area is 89.7 Å². The maximum absolute atomic E-state index is 12.9. The zero-order valence-electron chi connectivity index (χ0n) is 7.50. The Morgan fingerprint density at radius 2 is 2.20 bits per heavy atom. The molecule has 0 radical (unpaired) electrons. The molecule has 0 aliphatic carbocycles. The van der Waals surface area contributed by atoms with Gasteiger partial charge < -0.3 is 5.73 Å². The highest BCUT2D eigenvalue weighted by molar-refractivity contribution is 6.38. The molecule has 5 heteroatoms. The van der Waals surface area contributed by atoms with Crippen molar-refractivity contribution >= 4 is 28.4 Å². The van der Waals surface area contributed by atoms with Gasteiger partial charge in [0.1, 0.15) is 5.82 Å². The number of benzene rings is 1. The summed E-state index contributed by atoms with van der Waals surface area (Å²) < 4.78 is 12.9. The monoisotopic (exact) mass is 224 g/mol. The summed E-state index contributed by atoms with van der Waals surface area (Å²) in [5.74, 6) is -1.06. The van der Waals surface area contributed by atoms with Crippen LogP contribution in [0.3, 0.4) is 0 Å². The van der Waals surface area contributed by atoms with Gasteiger partial charge in [0, 0.05) is 17.6 Å². The first-order valence-electron chi connectivity index (χ1n) is 4.13. The van der Waals surface area contributed by atoms with Gasteiger partial charge in [0.25, 0.3) is 5.91 Å². The quantitative estimate of drug-likeness (QED) is 0.807. The maximum Gasteiger partial charge on any atom is 0.251 e. The normalized spacial score (nSPS) is 10.5. The molecule has 0 spiro atoms. The van der Waals surface area contributed by atoms with Crippen LogP contribution in [0.4, 0.5) is 4.39 Å². The molecular formula is C10H6ClFN2O. The van der Waals surface area contributed by atoms with Crippen LogP contribution in [0.1, 0.15) is 10.4 Å². The van der Waals surface area contributed by atoms with E-state index in [1.54, 1.807) is 0 Å². The van der Waals surface area contributed by atoms with Gasteiger partial charge in [-0.05, 0) is 12.1 Å². The molecule has 0 saturated carbocycles. The molecular weight excluding hydrogens is 219 g/mol. The molecule has 0 aliphatic rings. The Kier molecular flexibility index (Phi) is 2.28. The van der Waals surface area contributed by atoms with E-state index in [1.807, 2.05) is 0 Å². The van der Waals surface area contributed by atoms with E-state index in [1.165, 1.54) is 24.4 Å². The Bertz CT molecular complexity index is 556. The number of rotatable bonds is 1. The second-order valence-electron chi connectivity index (χ2n) is 3.01. The molecule has 0 aliphatic heterocycles. The lowest BCUT2D eigenvalue weighted by molar-refractivity contribution is 0.100. The van der Waals surface area contributed by atoms with Gasteiger partial charge in [-0.3, -0.25) is 9.78 Å². The first-order valence-corrected chi connectivity index (χ1v) is 4.51. The summed E-state index contributed by atoms with van der Waals surface area (Å²) in [6.45, 7) is 0. The van der Waals surface area contributed by atoms with Gasteiger partial charge in [-0.15, -0.1) is 0 Å². The number of hydrogen-bond acceptors (Lipinski definition) is 2. The van der Waals surface area contributed by atoms with Gasteiger partial charge in [0.15, 0.2) is 0 Å². The molecule has 2 aromatic rings. The van der Waals surface area contributed by atoms with Crippen LogP contribution in [-0.2, 0) is 0 Å². The van der Waals surface area contributed by atoms with Crippen LogP contribution in [0, 0.1) is 5.82 Å². The van der Waals surface area contributed by atoms with E-state index in [2.05, 4.69) is 4.98 Å². The van der Waals surface area contributed by atoms with E-state index in [0.29, 0.717) is 10.9 Å². The minimum atomic E-state index is -0.654. The first-order chi connectivity index (χ1) is 7.09. The smallest absolute Gasteiger partial charge is 0.251 e. The highest BCUT2D eigenvalue weighted by atomic mass is 35.5. The number of fused-ring (bicyclic) bond motifs is 1. The Balaban J connectivity index is 2.80. The molecule has 15 heavy (non-hydrogen) atoms. The standard InChI is InChI=1S/C10H6ClFN2O/c11-9-6-2-1-5(12)3-8(6)14-4-7(9)10(13)15/h1-4H,(H2,13,15). The summed E-state index contributed by atoms with van der Waals surface area (Å²) in [7, 11) is 0. The predicted octanol–water partition coefficient (Wildman–Crippen LogP) is 2.13. The number of carbonyl (C=O) groups is 1. The number of amides is 1. The topological polar surface area (TPSA) is 56.0 Å². The van der Waals surface area contributed by atoms with Crippen molar-refractivity contribution in [1.29, 1.82) is 0 Å². The first kappa shape index (κ1) is 9.86. The van der Waals surface area contributed by atoms with Crippen molar-refractivity contribution in [3.05, 3.63) is 40.8 Å². The number of nitrogens with two attached hydrogens (primary N) is 1. The van der Waals surface area contributed by atoms with Crippen LogP contribution in [0.15, 0.2) is 24.4 Å². The summed E-state index contributed by atoms with van der Waals surface area (Å²) in [5.41, 5.74) is 5.63. The molecule has 2 rings (SSSR count). The van der Waals surface area contributed by atoms with Crippen LogP contribution in [0.2, 0.25) is 5.02 Å². The van der Waals surface area contributed by atoms with Gasteiger partial charge in [-0.25, -0.2) is 4.39 Å². The van der Waals surface area contributed by atoms with E-state index in [0.717, 1.165) is 0 Å². The van der Waals surface area contributed by atoms with Crippen LogP contribution in [0.5, 0.6) is 0 Å². The van der Waals surface area contributed by atoms with Crippen molar-refractivity contribution in [2.75, 3.05) is 0 Å². The van der Waals surface area contributed by atoms with Crippen molar-refractivity contribution < 1.29 is 9.18 Å². The highest BCUT2D eigenvalue weighted by Gasteiger charge is 2.11. The fourth-order valence-electron chi connectivity index (χ4n) is 1.30. The molecule has 1 amide bonds. The molecule has 0 unspecified atom stereocenters. The Morgan fingerprint density at radius 3 is 2.87 bits per heavy atom. The van der Waals surface area contributed by atoms with Crippen LogP contribution in [0.25, 0.3) is 10.9 Å². The number of carbonyl (C=O) groups excluding carboxylic acids is 1. The highest BCUT2D eigenvalue weighted by Crippen LogP contribution is 2.25. The second-order valence-corrected chi connectivity index (χ2v) is 3.39. The van der Waals surface area contributed by atoms with Crippen molar-refractivity contribution in [3.63, 3.8) is 0 Å². The van der Waals surface area contributed by atoms with Crippen LogP contribution in [-0.4, -0.2) is 10.9 Å². The molecule has 0 bridgehead atoms. The SMILES string of the molecule is NC(=O)c1cnc2cc(F)ccc2c1Cl. The largest absolute Gasteiger partial charge is 0.366 e. The van der Waals surface area contributed by atoms with Crippen molar-refractivity contribution in [2.45, 2.75) is 0 Å². The lowest BCUT2D eigenvalue weighted by Crippen LogP contribution is -2.12. The van der Waals surface area contributed by atoms with E-state index < -0.39 is 11.7 Å². The third-order valence-corrected chi connectivity index (χ3v) is 2.44. The minimum Gasteiger partial charge on any atom is -0.366 e. The van der Waals surface area contributed by atoms with E-state index in [9.17, 15) is 9.18 Å². The van der Waals surface area contributed by atoms with Crippen LogP contribution < -0.4 is 5.73 Å². The van der Waals surface area contributed by atoms with E-state index in [-0.39, 0.29) is 10.6 Å². The van der Waals surface area contributed by atoms with Crippen LogP contribution >= 0.6 is 11.6 Å². The maximum atomic E-state index is 12.9. The van der Waals surface area contributed by atoms with Crippen molar-refractivity contribution in [1.82, 2.24) is 4.98 Å². The summed E-state index contributed by atoms with van der Waals surface area (Å²) in [5, 5.41) is 0.710. The average molecular weight is 225 g/mol. The third-order valence-electron chi connectivity index (χ3n) is 2.03. The van der Waals surface area contributed by atoms with E-state index >= 15 is 0 Å². The van der Waals surface area contributed by atoms with Gasteiger partial charge >= 0.3 is 0 Å². The number of primary amides is 1. The van der Waals surface area contributed by atoms with Crippen molar-refractivity contribution in [3.8, 4) is 0 Å². The minimum absolute atomic E-state index is 0.135. The lowest BCUT2D eigenvalue weighted by atomic mass is 10.1. The lowest BCUT2D eigenvalue weighted by Gasteiger charge is -2.03. The van der Waals surface area contributed by atoms with Gasteiger partial charge in [-0.2, -0.15) is 0 Å². The number of nitrogens with zero attached hydrogens (tertiary/aromatic N) is 1. The summed E-state index contributed by atoms with van der Waals surface area (Å²) in [6, 6.07) is 3.96. The number of aromatic nitrogens is 1. The molecule has 1 heterocycles. The van der Waals surface area contributed by atoms with Gasteiger partial charge in [0.2, 0.25) is 0 Å². The average Bonchev–Trinajstić information content (AvgIpc) is 2.17. The Hall–Kier alpha value is -1.68. The zero-order valence-corrected chi connectivity index (χ0v) is 8.25. The molecule has 0 saturated heterocycles. The molecule has 1 aromatic heterocycles. The zero-order chi connectivity index (χ0) is 11.0. The third kappa shape index (κ3) is 1.64. The van der Waals surface area contributed by atoms with Gasteiger partial charge in [0.05, 0.1) is 16.1 Å². The molecule has 0 atom stereocenters. The van der Waals surface area contributed by atoms with E-state index in [4.69, 9.17) is 17.3 Å². The van der Waals surface area contributed by atoms with Crippen molar-refractivity contribution in [2.24, 2.45) is 5.73 Å². The molecule has 2 N–H and O–H groups in total. The Morgan fingerprint density at radius 1 is 1.47 bits per heavy atom. The fraction of sp³-hybridized carbons (Fsp3) is 0. The van der Waals surface area contributed by atoms with Gasteiger partial charge in [-0.1, -0.05) is 11.6 Å².